The van der Waals surface area contributed by atoms with Gasteiger partial charge in [-0.15, -0.1) is 11.8 Å². The highest BCUT2D eigenvalue weighted by molar-refractivity contribution is 7.99. The lowest BCUT2D eigenvalue weighted by Crippen LogP contribution is -2.30. The van der Waals surface area contributed by atoms with Crippen LogP contribution in [0.1, 0.15) is 21.3 Å². The Balaban J connectivity index is 1.95. The number of carbonyl (C=O) groups is 1. The normalized spacial score (nSPS) is 17.0. The molecule has 2 aromatic carbocycles. The van der Waals surface area contributed by atoms with Gasteiger partial charge < -0.3 is 14.4 Å². The Labute approximate surface area is 144 Å². The summed E-state index contributed by atoms with van der Waals surface area (Å²) >= 11 is 1.66. The van der Waals surface area contributed by atoms with E-state index in [1.54, 1.807) is 43.0 Å². The number of halogens is 1. The summed E-state index contributed by atoms with van der Waals surface area (Å²) in [7, 11) is 3.20. The second-order valence-corrected chi connectivity index (χ2v) is 6.53. The molecule has 126 valence electrons. The summed E-state index contributed by atoms with van der Waals surface area (Å²) in [6.45, 7) is 0.602. The maximum absolute atomic E-state index is 13.4. The highest BCUT2D eigenvalue weighted by atomic mass is 32.2. The third-order valence-electron chi connectivity index (χ3n) is 3.93. The maximum Gasteiger partial charge on any atom is 0.255 e. The number of rotatable bonds is 4. The highest BCUT2D eigenvalue weighted by Gasteiger charge is 2.33. The van der Waals surface area contributed by atoms with Crippen LogP contribution in [0.15, 0.2) is 42.5 Å². The molecule has 1 heterocycles. The number of benzene rings is 2. The second-order valence-electron chi connectivity index (χ2n) is 5.34. The van der Waals surface area contributed by atoms with Gasteiger partial charge in [-0.2, -0.15) is 0 Å². The maximum atomic E-state index is 13.4. The molecular formula is C18H18FNO3S. The van der Waals surface area contributed by atoms with Gasteiger partial charge in [-0.3, -0.25) is 4.79 Å². The summed E-state index contributed by atoms with van der Waals surface area (Å²) in [6.07, 6.45) is 0. The zero-order valence-corrected chi connectivity index (χ0v) is 14.3. The van der Waals surface area contributed by atoms with Crippen molar-refractivity contribution in [1.82, 2.24) is 4.90 Å². The average molecular weight is 347 g/mol. The first-order chi connectivity index (χ1) is 11.6. The molecule has 1 amide bonds. The van der Waals surface area contributed by atoms with Gasteiger partial charge in [0.2, 0.25) is 0 Å². The third kappa shape index (κ3) is 3.19. The molecule has 3 rings (SSSR count). The molecular weight excluding hydrogens is 329 g/mol. The van der Waals surface area contributed by atoms with Crippen LogP contribution < -0.4 is 9.47 Å². The van der Waals surface area contributed by atoms with Gasteiger partial charge in [0, 0.05) is 23.4 Å². The zero-order valence-electron chi connectivity index (χ0n) is 13.5. The van der Waals surface area contributed by atoms with Crippen LogP contribution >= 0.6 is 11.8 Å². The lowest BCUT2D eigenvalue weighted by atomic mass is 10.1. The molecule has 24 heavy (non-hydrogen) atoms. The van der Waals surface area contributed by atoms with Crippen molar-refractivity contribution in [2.45, 2.75) is 5.37 Å². The minimum atomic E-state index is -0.414. The van der Waals surface area contributed by atoms with Crippen molar-refractivity contribution in [1.29, 1.82) is 0 Å². The fourth-order valence-corrected chi connectivity index (χ4v) is 4.03. The second kappa shape index (κ2) is 7.13. The van der Waals surface area contributed by atoms with Gasteiger partial charge in [0.25, 0.3) is 5.91 Å². The number of amides is 1. The highest BCUT2D eigenvalue weighted by Crippen LogP contribution is 2.43. The van der Waals surface area contributed by atoms with Crippen molar-refractivity contribution in [3.63, 3.8) is 0 Å². The van der Waals surface area contributed by atoms with Crippen molar-refractivity contribution in [3.8, 4) is 11.5 Å². The van der Waals surface area contributed by atoms with E-state index in [9.17, 15) is 9.18 Å². The van der Waals surface area contributed by atoms with Crippen LogP contribution in [0.3, 0.4) is 0 Å². The first kappa shape index (κ1) is 16.6. The van der Waals surface area contributed by atoms with Gasteiger partial charge >= 0.3 is 0 Å². The van der Waals surface area contributed by atoms with Crippen molar-refractivity contribution in [3.05, 3.63) is 59.4 Å². The monoisotopic (exact) mass is 347 g/mol. The van der Waals surface area contributed by atoms with E-state index in [-0.39, 0.29) is 11.3 Å². The van der Waals surface area contributed by atoms with Gasteiger partial charge in [-0.1, -0.05) is 6.07 Å². The van der Waals surface area contributed by atoms with Crippen LogP contribution in [-0.2, 0) is 0 Å². The third-order valence-corrected chi connectivity index (χ3v) is 5.17. The molecule has 2 aromatic rings. The largest absolute Gasteiger partial charge is 0.497 e. The van der Waals surface area contributed by atoms with E-state index >= 15 is 0 Å². The Morgan fingerprint density at radius 2 is 2.04 bits per heavy atom. The van der Waals surface area contributed by atoms with Crippen LogP contribution in [0.2, 0.25) is 0 Å². The molecule has 0 unspecified atom stereocenters. The fraction of sp³-hybridized carbons (Fsp3) is 0.278. The van der Waals surface area contributed by atoms with Gasteiger partial charge in [0.1, 0.15) is 22.7 Å². The van der Waals surface area contributed by atoms with Crippen molar-refractivity contribution >= 4 is 17.7 Å². The molecule has 0 bridgehead atoms. The van der Waals surface area contributed by atoms with Gasteiger partial charge in [-0.05, 0) is 36.4 Å². The molecule has 0 aliphatic carbocycles. The summed E-state index contributed by atoms with van der Waals surface area (Å²) in [5.41, 5.74) is 1.23. The van der Waals surface area contributed by atoms with Crippen molar-refractivity contribution < 1.29 is 18.7 Å². The predicted molar refractivity (Wildman–Crippen MR) is 92.2 cm³/mol. The summed E-state index contributed by atoms with van der Waals surface area (Å²) in [5, 5.41) is -0.189. The topological polar surface area (TPSA) is 38.8 Å². The number of hydrogen-bond acceptors (Lipinski definition) is 4. The Kier molecular flexibility index (Phi) is 4.94. The number of thioether (sulfide) groups is 1. The van der Waals surface area contributed by atoms with Gasteiger partial charge in [0.15, 0.2) is 0 Å². The van der Waals surface area contributed by atoms with Crippen LogP contribution in [0.4, 0.5) is 4.39 Å². The molecule has 0 saturated carbocycles. The standard InChI is InChI=1S/C18H18FNO3S/c1-22-14-6-7-16(23-2)15(11-14)18-20(8-9-24-18)17(21)12-4-3-5-13(19)10-12/h3-7,10-11,18H,8-9H2,1-2H3/t18-/m0/s1. The SMILES string of the molecule is COc1ccc(OC)c([C@@H]2SCCN2C(=O)c2cccc(F)c2)c1. The molecule has 0 N–H and O–H groups in total. The Morgan fingerprint density at radius 3 is 2.75 bits per heavy atom. The van der Waals surface area contributed by atoms with Crippen molar-refractivity contribution in [2.75, 3.05) is 26.5 Å². The molecule has 4 nitrogen and oxygen atoms in total. The number of methoxy groups -OCH3 is 2. The molecule has 0 spiro atoms. The Morgan fingerprint density at radius 1 is 1.21 bits per heavy atom. The lowest BCUT2D eigenvalue weighted by molar-refractivity contribution is 0.0758. The predicted octanol–water partition coefficient (Wildman–Crippen LogP) is 3.73. The van der Waals surface area contributed by atoms with Gasteiger partial charge in [0.05, 0.1) is 14.2 Å². The molecule has 1 saturated heterocycles. The number of hydrogen-bond donors (Lipinski definition) is 0. The summed E-state index contributed by atoms with van der Waals surface area (Å²) in [6, 6.07) is 11.3. The lowest BCUT2D eigenvalue weighted by Gasteiger charge is -2.26. The van der Waals surface area contributed by atoms with E-state index in [1.165, 1.54) is 12.1 Å². The minimum absolute atomic E-state index is 0.186. The summed E-state index contributed by atoms with van der Waals surface area (Å²) in [4.78, 5) is 14.6. The molecule has 1 atom stereocenters. The molecule has 1 aliphatic rings. The average Bonchev–Trinajstić information content (AvgIpc) is 3.10. The fourth-order valence-electron chi connectivity index (χ4n) is 2.76. The number of ether oxygens (including phenoxy) is 2. The van der Waals surface area contributed by atoms with E-state index in [4.69, 9.17) is 9.47 Å². The Bertz CT molecular complexity index is 753. The van der Waals surface area contributed by atoms with E-state index in [1.807, 2.05) is 18.2 Å². The van der Waals surface area contributed by atoms with E-state index in [2.05, 4.69) is 0 Å². The quantitative estimate of drug-likeness (QED) is 0.845. The minimum Gasteiger partial charge on any atom is -0.497 e. The number of carbonyl (C=O) groups excluding carboxylic acids is 1. The molecule has 6 heteroatoms. The number of nitrogens with zero attached hydrogens (tertiary/aromatic N) is 1. The summed E-state index contributed by atoms with van der Waals surface area (Å²) < 4.78 is 24.2. The van der Waals surface area contributed by atoms with E-state index < -0.39 is 5.82 Å². The molecule has 1 fully saturated rings. The van der Waals surface area contributed by atoms with Crippen LogP contribution in [0, 0.1) is 5.82 Å². The first-order valence-electron chi connectivity index (χ1n) is 7.54. The van der Waals surface area contributed by atoms with Crippen molar-refractivity contribution in [2.24, 2.45) is 0 Å². The van der Waals surface area contributed by atoms with Crippen LogP contribution in [-0.4, -0.2) is 37.3 Å². The zero-order chi connectivity index (χ0) is 17.1. The molecule has 0 aromatic heterocycles. The molecule has 0 radical (unpaired) electrons. The van der Waals surface area contributed by atoms with Crippen LogP contribution in [0.5, 0.6) is 11.5 Å². The molecule has 1 aliphatic heterocycles. The van der Waals surface area contributed by atoms with Crippen LogP contribution in [0.25, 0.3) is 0 Å². The van der Waals surface area contributed by atoms with E-state index in [0.29, 0.717) is 23.6 Å². The summed E-state index contributed by atoms with van der Waals surface area (Å²) in [5.74, 6) is 1.62. The van der Waals surface area contributed by atoms with Gasteiger partial charge in [-0.25, -0.2) is 4.39 Å². The Hall–Kier alpha value is -2.21. The smallest absolute Gasteiger partial charge is 0.255 e. The first-order valence-corrected chi connectivity index (χ1v) is 8.59. The van der Waals surface area contributed by atoms with E-state index in [0.717, 1.165) is 11.3 Å².